The number of Topliss-reactive ketones (excluding diaryl/α,β-unsaturated/α-hetero) is 1. The Hall–Kier alpha value is -0.790. The zero-order valence-corrected chi connectivity index (χ0v) is 11.5. The fourth-order valence-corrected chi connectivity index (χ4v) is 4.72. The number of aryl methyl sites for hydroxylation is 1. The molecule has 1 atom stereocenters. The monoisotopic (exact) mass is 265 g/mol. The van der Waals surface area contributed by atoms with Crippen LogP contribution in [0, 0.1) is 17.2 Å². The SMILES string of the molecule is CCCc1cc2c(s1)SCCC(CC#N)C2=O. The molecule has 0 aliphatic carbocycles. The molecule has 0 saturated heterocycles. The van der Waals surface area contributed by atoms with Gasteiger partial charge in [-0.3, -0.25) is 4.79 Å². The third kappa shape index (κ3) is 2.72. The molecule has 1 aliphatic rings. The van der Waals surface area contributed by atoms with Gasteiger partial charge in [-0.25, -0.2) is 0 Å². The molecule has 2 nitrogen and oxygen atoms in total. The lowest BCUT2D eigenvalue weighted by Gasteiger charge is -2.06. The molecule has 90 valence electrons. The Kier molecular flexibility index (Phi) is 4.25. The topological polar surface area (TPSA) is 40.9 Å². The minimum absolute atomic E-state index is 0.0853. The number of nitrogens with zero attached hydrogens (tertiary/aromatic N) is 1. The van der Waals surface area contributed by atoms with Gasteiger partial charge < -0.3 is 0 Å². The van der Waals surface area contributed by atoms with Crippen molar-refractivity contribution in [2.45, 2.75) is 36.8 Å². The van der Waals surface area contributed by atoms with E-state index >= 15 is 0 Å². The zero-order valence-electron chi connectivity index (χ0n) is 9.86. The number of carbonyl (C=O) groups excluding carboxylic acids is 1. The minimum atomic E-state index is -0.0853. The summed E-state index contributed by atoms with van der Waals surface area (Å²) in [6, 6.07) is 4.18. The Morgan fingerprint density at radius 3 is 3.12 bits per heavy atom. The van der Waals surface area contributed by atoms with Crippen LogP contribution in [0.15, 0.2) is 10.3 Å². The highest BCUT2D eigenvalue weighted by molar-refractivity contribution is 8.01. The smallest absolute Gasteiger partial charge is 0.168 e. The molecular formula is C13H15NOS2. The first-order valence-electron chi connectivity index (χ1n) is 5.93. The molecule has 0 saturated carbocycles. The number of carbonyl (C=O) groups is 1. The number of nitriles is 1. The van der Waals surface area contributed by atoms with Gasteiger partial charge in [0.05, 0.1) is 10.3 Å². The summed E-state index contributed by atoms with van der Waals surface area (Å²) in [6.07, 6.45) is 3.35. The molecule has 0 bridgehead atoms. The molecule has 0 aromatic carbocycles. The number of hydrogen-bond donors (Lipinski definition) is 0. The number of thiophene rings is 1. The maximum atomic E-state index is 12.3. The van der Waals surface area contributed by atoms with Gasteiger partial charge in [0.1, 0.15) is 0 Å². The summed E-state index contributed by atoms with van der Waals surface area (Å²) in [5.74, 6) is 1.06. The predicted molar refractivity (Wildman–Crippen MR) is 71.7 cm³/mol. The third-order valence-electron chi connectivity index (χ3n) is 2.92. The molecule has 0 amide bonds. The largest absolute Gasteiger partial charge is 0.294 e. The summed E-state index contributed by atoms with van der Waals surface area (Å²) < 4.78 is 1.17. The van der Waals surface area contributed by atoms with Crippen LogP contribution in [0.1, 0.15) is 41.4 Å². The lowest BCUT2D eigenvalue weighted by Crippen LogP contribution is -2.13. The Morgan fingerprint density at radius 1 is 1.59 bits per heavy atom. The van der Waals surface area contributed by atoms with Crippen molar-refractivity contribution in [3.63, 3.8) is 0 Å². The molecular weight excluding hydrogens is 250 g/mol. The Morgan fingerprint density at radius 2 is 2.41 bits per heavy atom. The number of rotatable bonds is 3. The van der Waals surface area contributed by atoms with Crippen LogP contribution >= 0.6 is 23.1 Å². The van der Waals surface area contributed by atoms with E-state index in [0.29, 0.717) is 6.42 Å². The van der Waals surface area contributed by atoms with E-state index in [1.807, 2.05) is 0 Å². The molecule has 1 aliphatic heterocycles. The van der Waals surface area contributed by atoms with Crippen molar-refractivity contribution in [1.82, 2.24) is 0 Å². The van der Waals surface area contributed by atoms with Gasteiger partial charge in [-0.1, -0.05) is 13.3 Å². The van der Waals surface area contributed by atoms with Crippen molar-refractivity contribution in [2.75, 3.05) is 5.75 Å². The van der Waals surface area contributed by atoms with Crippen LogP contribution in [-0.4, -0.2) is 11.5 Å². The molecule has 2 heterocycles. The van der Waals surface area contributed by atoms with Crippen LogP contribution < -0.4 is 0 Å². The normalized spacial score (nSPS) is 19.5. The van der Waals surface area contributed by atoms with Gasteiger partial charge in [0, 0.05) is 22.8 Å². The highest BCUT2D eigenvalue weighted by atomic mass is 32.2. The second kappa shape index (κ2) is 5.70. The summed E-state index contributed by atoms with van der Waals surface area (Å²) in [5.41, 5.74) is 0.876. The fourth-order valence-electron chi connectivity index (χ4n) is 2.02. The molecule has 1 unspecified atom stereocenters. The van der Waals surface area contributed by atoms with Crippen LogP contribution in [-0.2, 0) is 6.42 Å². The summed E-state index contributed by atoms with van der Waals surface area (Å²) in [5, 5.41) is 8.76. The quantitative estimate of drug-likeness (QED) is 0.832. The molecule has 0 fully saturated rings. The summed E-state index contributed by atoms with van der Waals surface area (Å²) >= 11 is 3.53. The number of hydrogen-bond acceptors (Lipinski definition) is 4. The number of ketones is 1. The Bertz CT molecular complexity index is 458. The van der Waals surface area contributed by atoms with E-state index in [1.54, 1.807) is 23.1 Å². The number of fused-ring (bicyclic) bond motifs is 1. The van der Waals surface area contributed by atoms with E-state index in [4.69, 9.17) is 5.26 Å². The van der Waals surface area contributed by atoms with Crippen molar-refractivity contribution < 1.29 is 4.79 Å². The van der Waals surface area contributed by atoms with Gasteiger partial charge in [0.15, 0.2) is 5.78 Å². The van der Waals surface area contributed by atoms with Crippen LogP contribution in [0.25, 0.3) is 0 Å². The van der Waals surface area contributed by atoms with E-state index in [-0.39, 0.29) is 11.7 Å². The van der Waals surface area contributed by atoms with E-state index in [2.05, 4.69) is 19.1 Å². The van der Waals surface area contributed by atoms with Crippen LogP contribution in [0.3, 0.4) is 0 Å². The van der Waals surface area contributed by atoms with E-state index in [1.165, 1.54) is 9.09 Å². The van der Waals surface area contributed by atoms with Crippen LogP contribution in [0.2, 0.25) is 0 Å². The van der Waals surface area contributed by atoms with E-state index in [9.17, 15) is 4.79 Å². The van der Waals surface area contributed by atoms with Gasteiger partial charge in [-0.2, -0.15) is 5.26 Å². The van der Waals surface area contributed by atoms with Gasteiger partial charge in [0.25, 0.3) is 0 Å². The standard InChI is InChI=1S/C13H15NOS2/c1-2-3-10-8-11-12(15)9(4-6-14)5-7-16-13(11)17-10/h8-9H,2-5,7H2,1H3. The van der Waals surface area contributed by atoms with E-state index < -0.39 is 0 Å². The Labute approximate surface area is 110 Å². The molecule has 0 N–H and O–H groups in total. The highest BCUT2D eigenvalue weighted by Gasteiger charge is 2.27. The second-order valence-electron chi connectivity index (χ2n) is 4.22. The van der Waals surface area contributed by atoms with Crippen molar-refractivity contribution in [1.29, 1.82) is 5.26 Å². The molecule has 4 heteroatoms. The first-order valence-corrected chi connectivity index (χ1v) is 7.73. The van der Waals surface area contributed by atoms with E-state index in [0.717, 1.165) is 30.6 Å². The Balaban J connectivity index is 2.27. The lowest BCUT2D eigenvalue weighted by molar-refractivity contribution is 0.0918. The second-order valence-corrected chi connectivity index (χ2v) is 6.72. The van der Waals surface area contributed by atoms with Crippen molar-refractivity contribution >= 4 is 28.9 Å². The van der Waals surface area contributed by atoms with Gasteiger partial charge >= 0.3 is 0 Å². The summed E-state index contributed by atoms with van der Waals surface area (Å²) in [6.45, 7) is 2.15. The van der Waals surface area contributed by atoms with Crippen molar-refractivity contribution in [3.05, 3.63) is 16.5 Å². The molecule has 17 heavy (non-hydrogen) atoms. The molecule has 2 rings (SSSR count). The first kappa shape index (κ1) is 12.7. The van der Waals surface area contributed by atoms with Crippen molar-refractivity contribution in [2.24, 2.45) is 5.92 Å². The highest BCUT2D eigenvalue weighted by Crippen LogP contribution is 2.38. The molecule has 0 spiro atoms. The molecule has 1 aromatic rings. The predicted octanol–water partition coefficient (Wildman–Crippen LogP) is 3.91. The number of thioether (sulfide) groups is 1. The average Bonchev–Trinajstić information content (AvgIpc) is 2.65. The minimum Gasteiger partial charge on any atom is -0.294 e. The lowest BCUT2D eigenvalue weighted by atomic mass is 9.94. The van der Waals surface area contributed by atoms with Gasteiger partial charge in [0.2, 0.25) is 0 Å². The van der Waals surface area contributed by atoms with Crippen molar-refractivity contribution in [3.8, 4) is 6.07 Å². The summed E-state index contributed by atoms with van der Waals surface area (Å²) in [4.78, 5) is 13.6. The van der Waals surface area contributed by atoms with Crippen LogP contribution in [0.5, 0.6) is 0 Å². The molecule has 1 aromatic heterocycles. The maximum Gasteiger partial charge on any atom is 0.168 e. The van der Waals surface area contributed by atoms with Crippen LogP contribution in [0.4, 0.5) is 0 Å². The first-order chi connectivity index (χ1) is 8.26. The van der Waals surface area contributed by atoms with Gasteiger partial charge in [-0.05, 0) is 24.7 Å². The van der Waals surface area contributed by atoms with Gasteiger partial charge in [-0.15, -0.1) is 23.1 Å². The summed E-state index contributed by atoms with van der Waals surface area (Å²) in [7, 11) is 0. The third-order valence-corrected chi connectivity index (χ3v) is 5.43. The fraction of sp³-hybridized carbons (Fsp3) is 0.538. The average molecular weight is 265 g/mol. The maximum absolute atomic E-state index is 12.3. The molecule has 0 radical (unpaired) electrons. The zero-order chi connectivity index (χ0) is 12.3.